The van der Waals surface area contributed by atoms with E-state index in [1.807, 2.05) is 0 Å². The lowest BCUT2D eigenvalue weighted by molar-refractivity contribution is 0.0538. The molecule has 1 nitrogen and oxygen atoms in total. The van der Waals surface area contributed by atoms with Crippen molar-refractivity contribution in [3.05, 3.63) is 24.3 Å². The van der Waals surface area contributed by atoms with Crippen molar-refractivity contribution in [1.29, 1.82) is 0 Å². The summed E-state index contributed by atoms with van der Waals surface area (Å²) in [5.74, 6) is 4.97. The first-order valence-electron chi connectivity index (χ1n) is 11.2. The lowest BCUT2D eigenvalue weighted by atomic mass is 9.68. The Kier molecular flexibility index (Phi) is 5.70. The van der Waals surface area contributed by atoms with Crippen LogP contribution < -0.4 is 0 Å². The Hall–Kier alpha value is -0.560. The third-order valence-corrected chi connectivity index (χ3v) is 8.07. The topological polar surface area (TPSA) is 20.2 Å². The zero-order chi connectivity index (χ0) is 17.2. The standard InChI is InChI=1S/C24H38O/c1-2-17-5-8-20(9-6-17)21-10-12-22(13-11-21)23-14-7-19(16-24(23)25)15-18-3-4-18/h2,12,17-21,23-25H,1,3-11,13-16H2. The first kappa shape index (κ1) is 17.8. The second kappa shape index (κ2) is 7.99. The zero-order valence-electron chi connectivity index (χ0n) is 16.0. The molecule has 0 aromatic rings. The number of aliphatic hydroxyl groups excluding tert-OH is 1. The molecule has 4 aliphatic rings. The van der Waals surface area contributed by atoms with E-state index in [1.54, 1.807) is 5.57 Å². The average Bonchev–Trinajstić information content (AvgIpc) is 3.46. The SMILES string of the molecule is C=CC1CCC(C2CC=C(C3CCC(CC4CC4)CC3O)CC2)CC1. The van der Waals surface area contributed by atoms with Crippen LogP contribution >= 0.6 is 0 Å². The molecule has 4 unspecified atom stereocenters. The van der Waals surface area contributed by atoms with Gasteiger partial charge in [0.05, 0.1) is 6.10 Å². The van der Waals surface area contributed by atoms with Crippen LogP contribution in [-0.4, -0.2) is 11.2 Å². The van der Waals surface area contributed by atoms with Gasteiger partial charge >= 0.3 is 0 Å². The van der Waals surface area contributed by atoms with Gasteiger partial charge in [-0.25, -0.2) is 0 Å². The van der Waals surface area contributed by atoms with Crippen LogP contribution in [0.1, 0.15) is 83.5 Å². The van der Waals surface area contributed by atoms with Crippen molar-refractivity contribution in [3.8, 4) is 0 Å². The van der Waals surface area contributed by atoms with E-state index in [9.17, 15) is 5.11 Å². The van der Waals surface area contributed by atoms with E-state index < -0.39 is 0 Å². The molecule has 3 saturated carbocycles. The summed E-state index contributed by atoms with van der Waals surface area (Å²) in [6.45, 7) is 3.98. The minimum Gasteiger partial charge on any atom is -0.392 e. The molecule has 140 valence electrons. The molecular formula is C24H38O. The van der Waals surface area contributed by atoms with Gasteiger partial charge in [0.2, 0.25) is 0 Å². The predicted molar refractivity (Wildman–Crippen MR) is 105 cm³/mol. The van der Waals surface area contributed by atoms with E-state index in [2.05, 4.69) is 18.7 Å². The summed E-state index contributed by atoms with van der Waals surface area (Å²) in [5, 5.41) is 10.7. The monoisotopic (exact) mass is 342 g/mol. The Morgan fingerprint density at radius 3 is 2.28 bits per heavy atom. The highest BCUT2D eigenvalue weighted by atomic mass is 16.3. The summed E-state index contributed by atoms with van der Waals surface area (Å²) in [4.78, 5) is 0. The fourth-order valence-corrected chi connectivity index (χ4v) is 6.19. The van der Waals surface area contributed by atoms with Crippen LogP contribution in [-0.2, 0) is 0 Å². The molecule has 25 heavy (non-hydrogen) atoms. The molecule has 0 bridgehead atoms. The second-order valence-electron chi connectivity index (χ2n) is 9.76. The molecule has 0 radical (unpaired) electrons. The van der Waals surface area contributed by atoms with Gasteiger partial charge in [-0.2, -0.15) is 0 Å². The summed E-state index contributed by atoms with van der Waals surface area (Å²) < 4.78 is 0. The number of hydrogen-bond acceptors (Lipinski definition) is 1. The first-order chi connectivity index (χ1) is 12.2. The van der Waals surface area contributed by atoms with E-state index in [0.29, 0.717) is 5.92 Å². The molecular weight excluding hydrogens is 304 g/mol. The normalized spacial score (nSPS) is 42.7. The van der Waals surface area contributed by atoms with Gasteiger partial charge in [0.15, 0.2) is 0 Å². The molecule has 4 rings (SSSR count). The summed E-state index contributed by atoms with van der Waals surface area (Å²) in [5.41, 5.74) is 1.62. The van der Waals surface area contributed by atoms with Crippen molar-refractivity contribution in [2.75, 3.05) is 0 Å². The van der Waals surface area contributed by atoms with Gasteiger partial charge in [0, 0.05) is 5.92 Å². The molecule has 0 amide bonds. The van der Waals surface area contributed by atoms with Gasteiger partial charge in [-0.15, -0.1) is 6.58 Å². The molecule has 0 aromatic heterocycles. The molecule has 3 fully saturated rings. The lowest BCUT2D eigenvalue weighted by Gasteiger charge is -2.39. The third kappa shape index (κ3) is 4.41. The van der Waals surface area contributed by atoms with Crippen molar-refractivity contribution in [1.82, 2.24) is 0 Å². The highest BCUT2D eigenvalue weighted by Crippen LogP contribution is 2.45. The predicted octanol–water partition coefficient (Wildman–Crippen LogP) is 6.28. The van der Waals surface area contributed by atoms with E-state index in [0.717, 1.165) is 36.0 Å². The van der Waals surface area contributed by atoms with Crippen molar-refractivity contribution in [2.24, 2.45) is 35.5 Å². The number of allylic oxidation sites excluding steroid dienone is 2. The van der Waals surface area contributed by atoms with Crippen LogP contribution in [0.25, 0.3) is 0 Å². The molecule has 0 saturated heterocycles. The summed E-state index contributed by atoms with van der Waals surface area (Å²) in [7, 11) is 0. The molecule has 0 spiro atoms. The summed E-state index contributed by atoms with van der Waals surface area (Å²) in [6, 6.07) is 0. The second-order valence-corrected chi connectivity index (χ2v) is 9.76. The van der Waals surface area contributed by atoms with E-state index >= 15 is 0 Å². The molecule has 4 atom stereocenters. The lowest BCUT2D eigenvalue weighted by Crippen LogP contribution is -2.32. The largest absolute Gasteiger partial charge is 0.392 e. The highest BCUT2D eigenvalue weighted by molar-refractivity contribution is 5.14. The molecule has 1 heteroatoms. The van der Waals surface area contributed by atoms with E-state index in [-0.39, 0.29) is 6.10 Å². The number of rotatable bonds is 5. The maximum atomic E-state index is 10.7. The van der Waals surface area contributed by atoms with Crippen molar-refractivity contribution in [2.45, 2.75) is 89.6 Å². The minimum atomic E-state index is -0.0525. The minimum absolute atomic E-state index is 0.0525. The molecule has 0 heterocycles. The smallest absolute Gasteiger partial charge is 0.0608 e. The van der Waals surface area contributed by atoms with Crippen molar-refractivity contribution >= 4 is 0 Å². The van der Waals surface area contributed by atoms with Crippen molar-refractivity contribution < 1.29 is 5.11 Å². The molecule has 1 N–H and O–H groups in total. The van der Waals surface area contributed by atoms with Crippen LogP contribution in [0.5, 0.6) is 0 Å². The average molecular weight is 343 g/mol. The van der Waals surface area contributed by atoms with Crippen LogP contribution in [0.3, 0.4) is 0 Å². The van der Waals surface area contributed by atoms with Crippen LogP contribution in [0, 0.1) is 35.5 Å². The molecule has 0 aromatic carbocycles. The Morgan fingerprint density at radius 2 is 1.68 bits per heavy atom. The number of aliphatic hydroxyl groups is 1. The fraction of sp³-hybridized carbons (Fsp3) is 0.833. The Balaban J connectivity index is 1.27. The fourth-order valence-electron chi connectivity index (χ4n) is 6.19. The summed E-state index contributed by atoms with van der Waals surface area (Å²) >= 11 is 0. The Labute approximate surface area is 155 Å². The molecule has 0 aliphatic heterocycles. The Bertz CT molecular complexity index is 480. The zero-order valence-corrected chi connectivity index (χ0v) is 16.0. The van der Waals surface area contributed by atoms with Gasteiger partial charge in [-0.05, 0) is 100 Å². The number of hydrogen-bond donors (Lipinski definition) is 1. The van der Waals surface area contributed by atoms with Gasteiger partial charge in [0.1, 0.15) is 0 Å². The van der Waals surface area contributed by atoms with E-state index in [4.69, 9.17) is 0 Å². The molecule has 4 aliphatic carbocycles. The highest BCUT2D eigenvalue weighted by Gasteiger charge is 2.36. The first-order valence-corrected chi connectivity index (χ1v) is 11.2. The van der Waals surface area contributed by atoms with Crippen LogP contribution in [0.2, 0.25) is 0 Å². The quantitative estimate of drug-likeness (QED) is 0.583. The maximum absolute atomic E-state index is 10.7. The van der Waals surface area contributed by atoms with Gasteiger partial charge in [-0.1, -0.05) is 30.6 Å². The summed E-state index contributed by atoms with van der Waals surface area (Å²) in [6.07, 6.45) is 22.2. The van der Waals surface area contributed by atoms with E-state index in [1.165, 1.54) is 77.0 Å². The third-order valence-electron chi connectivity index (χ3n) is 8.07. The maximum Gasteiger partial charge on any atom is 0.0608 e. The van der Waals surface area contributed by atoms with Crippen molar-refractivity contribution in [3.63, 3.8) is 0 Å². The van der Waals surface area contributed by atoms with Gasteiger partial charge in [-0.3, -0.25) is 0 Å². The Morgan fingerprint density at radius 1 is 0.920 bits per heavy atom. The van der Waals surface area contributed by atoms with Gasteiger partial charge < -0.3 is 5.11 Å². The van der Waals surface area contributed by atoms with Crippen LogP contribution in [0.4, 0.5) is 0 Å². The van der Waals surface area contributed by atoms with Gasteiger partial charge in [0.25, 0.3) is 0 Å². The van der Waals surface area contributed by atoms with Crippen LogP contribution in [0.15, 0.2) is 24.3 Å².